The Kier molecular flexibility index (Phi) is 5.08. The van der Waals surface area contributed by atoms with Crippen molar-refractivity contribution in [2.75, 3.05) is 6.54 Å². The first-order valence-corrected chi connectivity index (χ1v) is 7.61. The molecule has 2 N–H and O–H groups in total. The van der Waals surface area contributed by atoms with Crippen molar-refractivity contribution < 1.29 is 13.6 Å². The van der Waals surface area contributed by atoms with E-state index in [1.54, 1.807) is 6.07 Å². The largest absolute Gasteiger partial charge is 0.466 e. The number of halogens is 1. The molecule has 0 saturated carbocycles. The van der Waals surface area contributed by atoms with Gasteiger partial charge < -0.3 is 15.1 Å². The van der Waals surface area contributed by atoms with Gasteiger partial charge in [-0.15, -0.1) is 0 Å². The molecule has 0 aliphatic carbocycles. The monoisotopic (exact) mass is 318 g/mol. The third-order valence-corrected chi connectivity index (χ3v) is 3.88. The Hall–Kier alpha value is -2.30. The molecule has 0 fully saturated rings. The van der Waals surface area contributed by atoms with Crippen molar-refractivity contribution in [3.8, 4) is 0 Å². The van der Waals surface area contributed by atoms with E-state index in [1.165, 1.54) is 12.1 Å². The van der Waals surface area contributed by atoms with Crippen LogP contribution in [0.1, 0.15) is 36.5 Å². The van der Waals surface area contributed by atoms with E-state index in [0.717, 1.165) is 22.6 Å². The molecule has 0 radical (unpaired) electrons. The number of hydrogen-bond acceptors (Lipinski definition) is 2. The average molecular weight is 318 g/mol. The maximum atomic E-state index is 13.3. The quantitative estimate of drug-likeness (QED) is 0.880. The van der Waals surface area contributed by atoms with Gasteiger partial charge in [-0.3, -0.25) is 0 Å². The number of urea groups is 1. The second-order valence-corrected chi connectivity index (χ2v) is 6.37. The van der Waals surface area contributed by atoms with Gasteiger partial charge in [0.25, 0.3) is 0 Å². The van der Waals surface area contributed by atoms with Crippen molar-refractivity contribution in [2.24, 2.45) is 0 Å². The molecule has 0 spiro atoms. The Bertz CT molecular complexity index is 692. The number of benzene rings is 1. The molecule has 124 valence electrons. The van der Waals surface area contributed by atoms with Crippen LogP contribution in [0.15, 0.2) is 34.7 Å². The number of carbonyl (C=O) groups excluding carboxylic acids is 1. The summed E-state index contributed by atoms with van der Waals surface area (Å²) in [6.07, 6.45) is 0. The first-order chi connectivity index (χ1) is 10.8. The maximum Gasteiger partial charge on any atom is 0.315 e. The summed E-state index contributed by atoms with van der Waals surface area (Å²) < 4.78 is 18.8. The second-order valence-electron chi connectivity index (χ2n) is 6.37. The minimum atomic E-state index is -0.360. The highest BCUT2D eigenvalue weighted by Gasteiger charge is 2.21. The summed E-state index contributed by atoms with van der Waals surface area (Å²) in [6.45, 7) is 8.49. The molecule has 0 aliphatic heterocycles. The van der Waals surface area contributed by atoms with Gasteiger partial charge in [0, 0.05) is 24.1 Å². The molecule has 2 rings (SSSR count). The van der Waals surface area contributed by atoms with E-state index in [2.05, 4.69) is 10.6 Å². The highest BCUT2D eigenvalue weighted by molar-refractivity contribution is 5.74. The number of amides is 2. The molecular weight excluding hydrogens is 295 g/mol. The van der Waals surface area contributed by atoms with Gasteiger partial charge >= 0.3 is 6.03 Å². The molecule has 2 amide bonds. The van der Waals surface area contributed by atoms with Crippen LogP contribution in [0.25, 0.3) is 0 Å². The summed E-state index contributed by atoms with van der Waals surface area (Å²) in [7, 11) is 0. The third-order valence-electron chi connectivity index (χ3n) is 3.88. The fraction of sp³-hybridized carbons (Fsp3) is 0.389. The molecule has 23 heavy (non-hydrogen) atoms. The van der Waals surface area contributed by atoms with Gasteiger partial charge in [0.15, 0.2) is 0 Å². The topological polar surface area (TPSA) is 54.3 Å². The van der Waals surface area contributed by atoms with Gasteiger partial charge in [-0.05, 0) is 37.6 Å². The lowest BCUT2D eigenvalue weighted by molar-refractivity contribution is 0.238. The van der Waals surface area contributed by atoms with Crippen molar-refractivity contribution >= 4 is 6.03 Å². The predicted octanol–water partition coefficient (Wildman–Crippen LogP) is 3.81. The van der Waals surface area contributed by atoms with E-state index in [1.807, 2.05) is 39.8 Å². The van der Waals surface area contributed by atoms with Crippen LogP contribution < -0.4 is 10.6 Å². The Morgan fingerprint density at radius 3 is 2.57 bits per heavy atom. The lowest BCUT2D eigenvalue weighted by Gasteiger charge is -2.25. The van der Waals surface area contributed by atoms with Crippen LogP contribution in [0.3, 0.4) is 0 Å². The summed E-state index contributed by atoms with van der Waals surface area (Å²) in [4.78, 5) is 12.0. The molecule has 1 aromatic heterocycles. The fourth-order valence-corrected chi connectivity index (χ4v) is 2.41. The third kappa shape index (κ3) is 4.58. The van der Waals surface area contributed by atoms with Crippen LogP contribution in [-0.2, 0) is 12.0 Å². The Morgan fingerprint density at radius 2 is 1.96 bits per heavy atom. The number of aryl methyl sites for hydroxylation is 2. The van der Waals surface area contributed by atoms with Crippen molar-refractivity contribution in [1.82, 2.24) is 10.6 Å². The molecule has 0 bridgehead atoms. The minimum Gasteiger partial charge on any atom is -0.466 e. The smallest absolute Gasteiger partial charge is 0.315 e. The summed E-state index contributed by atoms with van der Waals surface area (Å²) in [6, 6.07) is 8.10. The summed E-state index contributed by atoms with van der Waals surface area (Å²) in [5.74, 6) is 1.36. The molecule has 0 saturated heterocycles. The number of rotatable bonds is 5. The van der Waals surface area contributed by atoms with E-state index >= 15 is 0 Å². The van der Waals surface area contributed by atoms with E-state index in [9.17, 15) is 9.18 Å². The van der Waals surface area contributed by atoms with Crippen molar-refractivity contribution in [2.45, 2.75) is 39.7 Å². The van der Waals surface area contributed by atoms with Crippen LogP contribution in [0.5, 0.6) is 0 Å². The molecule has 2 aromatic rings. The highest BCUT2D eigenvalue weighted by atomic mass is 19.1. The predicted molar refractivity (Wildman–Crippen MR) is 87.8 cm³/mol. The van der Waals surface area contributed by atoms with Crippen LogP contribution in [0.2, 0.25) is 0 Å². The molecule has 0 atom stereocenters. The molecule has 4 nitrogen and oxygen atoms in total. The molecule has 1 aromatic carbocycles. The van der Waals surface area contributed by atoms with Gasteiger partial charge in [0.2, 0.25) is 0 Å². The zero-order chi connectivity index (χ0) is 17.0. The lowest BCUT2D eigenvalue weighted by atomic mass is 9.84. The fourth-order valence-electron chi connectivity index (χ4n) is 2.41. The Balaban J connectivity index is 1.87. The number of carbonyl (C=O) groups is 1. The van der Waals surface area contributed by atoms with E-state index in [0.29, 0.717) is 13.1 Å². The zero-order valence-corrected chi connectivity index (χ0v) is 14.0. The van der Waals surface area contributed by atoms with Gasteiger partial charge in [0.05, 0.1) is 0 Å². The molecule has 1 heterocycles. The standard InChI is InChI=1S/C18H23FN2O2/c1-12-8-14(13(2)23-12)10-20-17(22)21-11-18(3,4)15-6-5-7-16(19)9-15/h5-9H,10-11H2,1-4H3,(H2,20,21,22). The average Bonchev–Trinajstić information content (AvgIpc) is 2.81. The normalized spacial score (nSPS) is 11.3. The zero-order valence-electron chi connectivity index (χ0n) is 14.0. The molecule has 0 unspecified atom stereocenters. The summed E-state index contributed by atoms with van der Waals surface area (Å²) >= 11 is 0. The highest BCUT2D eigenvalue weighted by Crippen LogP contribution is 2.22. The van der Waals surface area contributed by atoms with E-state index < -0.39 is 0 Å². The minimum absolute atomic E-state index is 0.257. The summed E-state index contributed by atoms with van der Waals surface area (Å²) in [5.41, 5.74) is 1.45. The number of nitrogens with one attached hydrogen (secondary N) is 2. The summed E-state index contributed by atoms with van der Waals surface area (Å²) in [5, 5.41) is 5.64. The van der Waals surface area contributed by atoms with Gasteiger partial charge in [-0.1, -0.05) is 26.0 Å². The van der Waals surface area contributed by atoms with Crippen molar-refractivity contribution in [3.63, 3.8) is 0 Å². The van der Waals surface area contributed by atoms with Crippen LogP contribution in [0.4, 0.5) is 9.18 Å². The molecular formula is C18H23FN2O2. The number of furan rings is 1. The van der Waals surface area contributed by atoms with Crippen LogP contribution in [0, 0.1) is 19.7 Å². The van der Waals surface area contributed by atoms with E-state index in [4.69, 9.17) is 4.42 Å². The SMILES string of the molecule is Cc1cc(CNC(=O)NCC(C)(C)c2cccc(F)c2)c(C)o1. The van der Waals surface area contributed by atoms with Crippen molar-refractivity contribution in [1.29, 1.82) is 0 Å². The van der Waals surface area contributed by atoms with Crippen LogP contribution in [-0.4, -0.2) is 12.6 Å². The van der Waals surface area contributed by atoms with Gasteiger partial charge in [0.1, 0.15) is 17.3 Å². The molecule has 5 heteroatoms. The maximum absolute atomic E-state index is 13.3. The van der Waals surface area contributed by atoms with Gasteiger partial charge in [-0.25, -0.2) is 9.18 Å². The van der Waals surface area contributed by atoms with Crippen LogP contribution >= 0.6 is 0 Å². The Labute approximate surface area is 136 Å². The van der Waals surface area contributed by atoms with E-state index in [-0.39, 0.29) is 17.3 Å². The second kappa shape index (κ2) is 6.86. The molecule has 0 aliphatic rings. The first-order valence-electron chi connectivity index (χ1n) is 7.61. The van der Waals surface area contributed by atoms with Crippen molar-refractivity contribution in [3.05, 3.63) is 58.8 Å². The van der Waals surface area contributed by atoms with Gasteiger partial charge in [-0.2, -0.15) is 0 Å². The lowest BCUT2D eigenvalue weighted by Crippen LogP contribution is -2.42. The number of hydrogen-bond donors (Lipinski definition) is 2. The first kappa shape index (κ1) is 17.1. The Morgan fingerprint density at radius 1 is 1.22 bits per heavy atom.